The smallest absolute Gasteiger partial charge is 0.204 e. The van der Waals surface area contributed by atoms with Crippen molar-refractivity contribution in [3.63, 3.8) is 0 Å². The second-order valence-electron chi connectivity index (χ2n) is 7.86. The van der Waals surface area contributed by atoms with Gasteiger partial charge in [0, 0.05) is 23.7 Å². The molecule has 154 valence electrons. The highest BCUT2D eigenvalue weighted by atomic mass is 16.5. The van der Waals surface area contributed by atoms with Gasteiger partial charge >= 0.3 is 0 Å². The molecule has 30 heavy (non-hydrogen) atoms. The number of benzene rings is 1. The van der Waals surface area contributed by atoms with Crippen molar-refractivity contribution < 1.29 is 4.74 Å². The van der Waals surface area contributed by atoms with Crippen LogP contribution in [-0.4, -0.2) is 55.9 Å². The van der Waals surface area contributed by atoms with Crippen LogP contribution in [0.1, 0.15) is 31.5 Å². The van der Waals surface area contributed by atoms with Crippen LogP contribution < -0.4 is 4.74 Å². The summed E-state index contributed by atoms with van der Waals surface area (Å²) in [6.45, 7) is 6.24. The predicted molar refractivity (Wildman–Crippen MR) is 117 cm³/mol. The number of piperidine rings is 1. The Morgan fingerprint density at radius 1 is 1.00 bits per heavy atom. The van der Waals surface area contributed by atoms with Gasteiger partial charge in [0.1, 0.15) is 17.0 Å². The van der Waals surface area contributed by atoms with Gasteiger partial charge in [-0.15, -0.1) is 10.2 Å². The molecule has 1 aliphatic heterocycles. The highest BCUT2D eigenvalue weighted by molar-refractivity contribution is 5.98. The monoisotopic (exact) mass is 402 g/mol. The van der Waals surface area contributed by atoms with Gasteiger partial charge < -0.3 is 9.64 Å². The summed E-state index contributed by atoms with van der Waals surface area (Å²) in [5.74, 6) is 1.63. The Labute approximate surface area is 175 Å². The van der Waals surface area contributed by atoms with Gasteiger partial charge in [0.2, 0.25) is 5.65 Å². The molecule has 7 nitrogen and oxygen atoms in total. The lowest BCUT2D eigenvalue weighted by atomic mass is 10.1. The quantitative estimate of drug-likeness (QED) is 0.456. The van der Waals surface area contributed by atoms with E-state index in [1.165, 1.54) is 32.4 Å². The lowest BCUT2D eigenvalue weighted by molar-refractivity contribution is 0.205. The standard InChI is InChI=1S/C23H26N6O/c1-17-25-26-23-22-20(7-5-12-24-22)21(27-29(17)23)18-8-10-19(11-9-18)30-16-6-15-28-13-3-2-4-14-28/h5,7-12H,2-4,6,13-16H2,1H3. The largest absolute Gasteiger partial charge is 0.494 e. The summed E-state index contributed by atoms with van der Waals surface area (Å²) >= 11 is 0. The number of hydrogen-bond donors (Lipinski definition) is 0. The van der Waals surface area contributed by atoms with E-state index in [4.69, 9.17) is 9.84 Å². The van der Waals surface area contributed by atoms with Crippen molar-refractivity contribution >= 4 is 16.6 Å². The molecule has 7 heteroatoms. The van der Waals surface area contributed by atoms with Crippen molar-refractivity contribution in [2.24, 2.45) is 0 Å². The summed E-state index contributed by atoms with van der Waals surface area (Å²) in [5, 5.41) is 14.2. The third kappa shape index (κ3) is 3.73. The predicted octanol–water partition coefficient (Wildman–Crippen LogP) is 3.90. The topological polar surface area (TPSA) is 68.4 Å². The van der Waals surface area contributed by atoms with E-state index in [0.717, 1.165) is 53.3 Å². The third-order valence-electron chi connectivity index (χ3n) is 5.74. The lowest BCUT2D eigenvalue weighted by Crippen LogP contribution is -2.31. The first-order valence-corrected chi connectivity index (χ1v) is 10.7. The molecule has 1 aliphatic rings. The van der Waals surface area contributed by atoms with E-state index in [-0.39, 0.29) is 0 Å². The van der Waals surface area contributed by atoms with Crippen LogP contribution in [-0.2, 0) is 0 Å². The number of hydrogen-bond acceptors (Lipinski definition) is 6. The molecule has 0 atom stereocenters. The first-order valence-electron chi connectivity index (χ1n) is 10.7. The molecule has 0 saturated carbocycles. The first kappa shape index (κ1) is 18.9. The SMILES string of the molecule is Cc1nnc2c3ncccc3c(-c3ccc(OCCCN4CCCCC4)cc3)nn12. The van der Waals surface area contributed by atoms with Gasteiger partial charge in [0.05, 0.1) is 6.61 Å². The maximum Gasteiger partial charge on any atom is 0.204 e. The molecule has 1 aromatic carbocycles. The molecule has 4 aromatic rings. The zero-order valence-electron chi connectivity index (χ0n) is 17.3. The minimum Gasteiger partial charge on any atom is -0.494 e. The molecule has 0 spiro atoms. The van der Waals surface area contributed by atoms with Crippen molar-refractivity contribution in [2.45, 2.75) is 32.6 Å². The normalized spacial score (nSPS) is 15.1. The summed E-state index contributed by atoms with van der Waals surface area (Å²) in [6.07, 6.45) is 6.88. The van der Waals surface area contributed by atoms with Crippen LogP contribution in [0, 0.1) is 6.92 Å². The van der Waals surface area contributed by atoms with Gasteiger partial charge in [0.25, 0.3) is 0 Å². The van der Waals surface area contributed by atoms with Crippen LogP contribution >= 0.6 is 0 Å². The first-order chi connectivity index (χ1) is 14.8. The number of rotatable bonds is 6. The number of aryl methyl sites for hydroxylation is 1. The molecule has 0 unspecified atom stereocenters. The average molecular weight is 403 g/mol. The van der Waals surface area contributed by atoms with Crippen molar-refractivity contribution in [2.75, 3.05) is 26.2 Å². The van der Waals surface area contributed by atoms with Crippen molar-refractivity contribution in [3.05, 3.63) is 48.4 Å². The van der Waals surface area contributed by atoms with E-state index < -0.39 is 0 Å². The summed E-state index contributed by atoms with van der Waals surface area (Å²) in [6, 6.07) is 12.1. The van der Waals surface area contributed by atoms with Gasteiger partial charge in [-0.3, -0.25) is 4.98 Å². The van der Waals surface area contributed by atoms with Crippen LogP contribution in [0.3, 0.4) is 0 Å². The lowest BCUT2D eigenvalue weighted by Gasteiger charge is -2.26. The Balaban J connectivity index is 1.32. The second-order valence-corrected chi connectivity index (χ2v) is 7.86. The number of pyridine rings is 1. The van der Waals surface area contributed by atoms with E-state index >= 15 is 0 Å². The minimum absolute atomic E-state index is 0.681. The zero-order chi connectivity index (χ0) is 20.3. The number of nitrogens with zero attached hydrogens (tertiary/aromatic N) is 6. The maximum absolute atomic E-state index is 5.97. The van der Waals surface area contributed by atoms with Crippen LogP contribution in [0.2, 0.25) is 0 Å². The molecule has 1 saturated heterocycles. The Morgan fingerprint density at radius 3 is 2.67 bits per heavy atom. The molecular weight excluding hydrogens is 376 g/mol. The van der Waals surface area contributed by atoms with E-state index in [2.05, 4.69) is 32.2 Å². The van der Waals surface area contributed by atoms with Crippen molar-refractivity contribution in [3.8, 4) is 17.0 Å². The molecule has 0 bridgehead atoms. The Hall–Kier alpha value is -3.06. The highest BCUT2D eigenvalue weighted by Crippen LogP contribution is 2.29. The Kier molecular flexibility index (Phi) is 5.27. The van der Waals surface area contributed by atoms with Gasteiger partial charge in [-0.05, 0) is 75.7 Å². The molecule has 0 amide bonds. The summed E-state index contributed by atoms with van der Waals surface area (Å²) < 4.78 is 7.73. The minimum atomic E-state index is 0.681. The van der Waals surface area contributed by atoms with E-state index in [0.29, 0.717) is 5.65 Å². The third-order valence-corrected chi connectivity index (χ3v) is 5.74. The second kappa shape index (κ2) is 8.36. The molecular formula is C23H26N6O. The Morgan fingerprint density at radius 2 is 1.83 bits per heavy atom. The number of ether oxygens (including phenoxy) is 1. The number of aromatic nitrogens is 5. The van der Waals surface area contributed by atoms with Gasteiger partial charge in [-0.1, -0.05) is 6.42 Å². The fourth-order valence-electron chi connectivity index (χ4n) is 4.14. The van der Waals surface area contributed by atoms with Crippen LogP contribution in [0.4, 0.5) is 0 Å². The van der Waals surface area contributed by atoms with Crippen molar-refractivity contribution in [1.82, 2.24) is 29.7 Å². The summed E-state index contributed by atoms with van der Waals surface area (Å²) in [7, 11) is 0. The van der Waals surface area contributed by atoms with E-state index in [1.54, 1.807) is 10.7 Å². The van der Waals surface area contributed by atoms with E-state index in [9.17, 15) is 0 Å². The average Bonchev–Trinajstić information content (AvgIpc) is 3.18. The van der Waals surface area contributed by atoms with E-state index in [1.807, 2.05) is 31.2 Å². The molecule has 0 N–H and O–H groups in total. The fraction of sp³-hybridized carbons (Fsp3) is 0.391. The maximum atomic E-state index is 5.97. The molecule has 3 aromatic heterocycles. The highest BCUT2D eigenvalue weighted by Gasteiger charge is 2.14. The van der Waals surface area contributed by atoms with Crippen molar-refractivity contribution in [1.29, 1.82) is 0 Å². The number of fused-ring (bicyclic) bond motifs is 3. The van der Waals surface area contributed by atoms with Crippen LogP contribution in [0.5, 0.6) is 5.75 Å². The molecule has 0 aliphatic carbocycles. The number of likely N-dealkylation sites (tertiary alicyclic amines) is 1. The molecule has 0 radical (unpaired) electrons. The molecule has 4 heterocycles. The molecule has 1 fully saturated rings. The summed E-state index contributed by atoms with van der Waals surface area (Å²) in [4.78, 5) is 7.07. The van der Waals surface area contributed by atoms with Gasteiger partial charge in [-0.2, -0.15) is 9.61 Å². The zero-order valence-corrected chi connectivity index (χ0v) is 17.3. The van der Waals surface area contributed by atoms with Gasteiger partial charge in [-0.25, -0.2) is 0 Å². The fourth-order valence-corrected chi connectivity index (χ4v) is 4.14. The Bertz CT molecular complexity index is 1150. The van der Waals surface area contributed by atoms with Crippen LogP contribution in [0.15, 0.2) is 42.6 Å². The van der Waals surface area contributed by atoms with Gasteiger partial charge in [0.15, 0.2) is 5.82 Å². The van der Waals surface area contributed by atoms with Crippen LogP contribution in [0.25, 0.3) is 27.8 Å². The molecule has 5 rings (SSSR count). The summed E-state index contributed by atoms with van der Waals surface area (Å²) in [5.41, 5.74) is 3.37.